The van der Waals surface area contributed by atoms with Crippen LogP contribution in [0.25, 0.3) is 16.7 Å². The van der Waals surface area contributed by atoms with Gasteiger partial charge in [0, 0.05) is 11.4 Å². The number of hydrogen-bond acceptors (Lipinski definition) is 4. The second-order valence-corrected chi connectivity index (χ2v) is 7.29. The summed E-state index contributed by atoms with van der Waals surface area (Å²) in [5.74, 6) is 0. The lowest BCUT2D eigenvalue weighted by Gasteiger charge is -2.15. The van der Waals surface area contributed by atoms with E-state index in [4.69, 9.17) is 9.97 Å². The van der Waals surface area contributed by atoms with Crippen LogP contribution < -0.4 is 0 Å². The fourth-order valence-corrected chi connectivity index (χ4v) is 4.48. The van der Waals surface area contributed by atoms with Crippen LogP contribution in [0.5, 0.6) is 0 Å². The van der Waals surface area contributed by atoms with Gasteiger partial charge >= 0.3 is 0 Å². The highest BCUT2D eigenvalue weighted by atomic mass is 32.2. The lowest BCUT2D eigenvalue weighted by Crippen LogP contribution is -2.07. The standard InChI is InChI=1S/C18H19N3S2/c1-22-17-15-13-10-6-7-11-14(13)21(12-8-4-3-5-9-12)16(15)19-18(20-17)23-2/h3-5,8-9H,6-7,10-11H2,1-2H3. The summed E-state index contributed by atoms with van der Waals surface area (Å²) in [7, 11) is 0. The molecule has 0 bridgehead atoms. The molecule has 3 aromatic rings. The maximum atomic E-state index is 4.89. The molecule has 0 spiro atoms. The van der Waals surface area contributed by atoms with Crippen molar-refractivity contribution in [2.24, 2.45) is 0 Å². The summed E-state index contributed by atoms with van der Waals surface area (Å²) in [6.07, 6.45) is 8.94. The summed E-state index contributed by atoms with van der Waals surface area (Å²) in [6.45, 7) is 0. The molecule has 1 aromatic carbocycles. The van der Waals surface area contributed by atoms with Crippen molar-refractivity contribution in [3.8, 4) is 5.69 Å². The van der Waals surface area contributed by atoms with Crippen LogP contribution in [-0.4, -0.2) is 27.0 Å². The smallest absolute Gasteiger partial charge is 0.190 e. The van der Waals surface area contributed by atoms with Crippen LogP contribution in [0.3, 0.4) is 0 Å². The molecule has 0 fully saturated rings. The molecule has 0 atom stereocenters. The van der Waals surface area contributed by atoms with Gasteiger partial charge in [0.2, 0.25) is 0 Å². The molecule has 4 rings (SSSR count). The van der Waals surface area contributed by atoms with Crippen LogP contribution in [0.1, 0.15) is 24.1 Å². The Balaban J connectivity index is 2.12. The number of aromatic nitrogens is 3. The molecule has 0 unspecified atom stereocenters. The topological polar surface area (TPSA) is 30.7 Å². The van der Waals surface area contributed by atoms with E-state index in [1.807, 2.05) is 6.26 Å². The van der Waals surface area contributed by atoms with Crippen LogP contribution in [0.2, 0.25) is 0 Å². The maximum Gasteiger partial charge on any atom is 0.190 e. The Kier molecular flexibility index (Phi) is 4.07. The molecule has 0 radical (unpaired) electrons. The van der Waals surface area contributed by atoms with Gasteiger partial charge in [-0.3, -0.25) is 4.57 Å². The zero-order valence-electron chi connectivity index (χ0n) is 13.4. The van der Waals surface area contributed by atoms with Crippen molar-refractivity contribution in [2.45, 2.75) is 35.9 Å². The van der Waals surface area contributed by atoms with E-state index >= 15 is 0 Å². The molecule has 2 aromatic heterocycles. The largest absolute Gasteiger partial charge is 0.298 e. The molecular formula is C18H19N3S2. The lowest BCUT2D eigenvalue weighted by molar-refractivity contribution is 0.666. The molecule has 0 saturated carbocycles. The summed E-state index contributed by atoms with van der Waals surface area (Å²) in [4.78, 5) is 9.64. The van der Waals surface area contributed by atoms with E-state index in [1.54, 1.807) is 23.5 Å². The first-order chi connectivity index (χ1) is 11.3. The van der Waals surface area contributed by atoms with Gasteiger partial charge < -0.3 is 0 Å². The number of fused-ring (bicyclic) bond motifs is 3. The van der Waals surface area contributed by atoms with Gasteiger partial charge in [-0.05, 0) is 55.9 Å². The molecule has 0 amide bonds. The van der Waals surface area contributed by atoms with E-state index in [2.05, 4.69) is 41.2 Å². The van der Waals surface area contributed by atoms with E-state index < -0.39 is 0 Å². The molecule has 1 aliphatic rings. The second kappa shape index (κ2) is 6.21. The van der Waals surface area contributed by atoms with Crippen molar-refractivity contribution in [3.63, 3.8) is 0 Å². The number of para-hydroxylation sites is 1. The summed E-state index contributed by atoms with van der Waals surface area (Å²) in [5.41, 5.74) is 5.18. The highest BCUT2D eigenvalue weighted by molar-refractivity contribution is 7.99. The molecule has 3 nitrogen and oxygen atoms in total. The van der Waals surface area contributed by atoms with Crippen LogP contribution in [-0.2, 0) is 12.8 Å². The number of thioether (sulfide) groups is 2. The Morgan fingerprint density at radius 1 is 0.957 bits per heavy atom. The van der Waals surface area contributed by atoms with Crippen molar-refractivity contribution >= 4 is 34.6 Å². The Morgan fingerprint density at radius 3 is 2.48 bits per heavy atom. The van der Waals surface area contributed by atoms with Crippen LogP contribution in [0.4, 0.5) is 0 Å². The van der Waals surface area contributed by atoms with E-state index in [0.29, 0.717) is 0 Å². The molecule has 5 heteroatoms. The average molecular weight is 342 g/mol. The van der Waals surface area contributed by atoms with Gasteiger partial charge in [0.05, 0.1) is 5.39 Å². The fraction of sp³-hybridized carbons (Fsp3) is 0.333. The van der Waals surface area contributed by atoms with Gasteiger partial charge in [0.15, 0.2) is 10.8 Å². The summed E-state index contributed by atoms with van der Waals surface area (Å²) in [5, 5.41) is 3.25. The number of rotatable bonds is 3. The fourth-order valence-electron chi connectivity index (χ4n) is 3.46. The molecular weight excluding hydrogens is 322 g/mol. The summed E-state index contributed by atoms with van der Waals surface area (Å²) < 4.78 is 2.37. The van der Waals surface area contributed by atoms with Gasteiger partial charge in [-0.2, -0.15) is 0 Å². The third-order valence-corrected chi connectivity index (χ3v) is 5.68. The average Bonchev–Trinajstić information content (AvgIpc) is 2.95. The van der Waals surface area contributed by atoms with Gasteiger partial charge in [-0.1, -0.05) is 30.0 Å². The first kappa shape index (κ1) is 15.1. The second-order valence-electron chi connectivity index (χ2n) is 5.72. The SMILES string of the molecule is CSc1nc(SC)c2c3c(n(-c4ccccc4)c2n1)CCCC3. The van der Waals surface area contributed by atoms with Crippen molar-refractivity contribution < 1.29 is 0 Å². The Labute approximate surface area is 144 Å². The van der Waals surface area contributed by atoms with Crippen molar-refractivity contribution in [2.75, 3.05) is 12.5 Å². The van der Waals surface area contributed by atoms with Gasteiger partial charge in [0.1, 0.15) is 5.03 Å². The van der Waals surface area contributed by atoms with Crippen LogP contribution in [0, 0.1) is 0 Å². The van der Waals surface area contributed by atoms with Gasteiger partial charge in [-0.15, -0.1) is 11.8 Å². The van der Waals surface area contributed by atoms with Crippen molar-refractivity contribution in [3.05, 3.63) is 41.6 Å². The molecule has 23 heavy (non-hydrogen) atoms. The Bertz CT molecular complexity index is 856. The predicted octanol–water partition coefficient (Wildman–Crippen LogP) is 4.74. The predicted molar refractivity (Wildman–Crippen MR) is 99.1 cm³/mol. The lowest BCUT2D eigenvalue weighted by atomic mass is 9.96. The minimum Gasteiger partial charge on any atom is -0.298 e. The minimum absolute atomic E-state index is 0.855. The van der Waals surface area contributed by atoms with Crippen LogP contribution >= 0.6 is 23.5 Å². The third kappa shape index (κ3) is 2.46. The normalized spacial score (nSPS) is 14.2. The minimum atomic E-state index is 0.855. The number of nitrogens with zero attached hydrogens (tertiary/aromatic N) is 3. The first-order valence-corrected chi connectivity index (χ1v) is 10.4. The molecule has 1 aliphatic carbocycles. The number of aryl methyl sites for hydroxylation is 1. The maximum absolute atomic E-state index is 4.89. The zero-order chi connectivity index (χ0) is 15.8. The monoisotopic (exact) mass is 341 g/mol. The molecule has 2 heterocycles. The van der Waals surface area contributed by atoms with Crippen molar-refractivity contribution in [1.82, 2.24) is 14.5 Å². The van der Waals surface area contributed by atoms with E-state index in [9.17, 15) is 0 Å². The first-order valence-electron chi connectivity index (χ1n) is 7.91. The summed E-state index contributed by atoms with van der Waals surface area (Å²) in [6, 6.07) is 10.6. The quantitative estimate of drug-likeness (QED) is 0.391. The molecule has 0 N–H and O–H groups in total. The number of hydrogen-bond donors (Lipinski definition) is 0. The van der Waals surface area contributed by atoms with Gasteiger partial charge in [-0.25, -0.2) is 9.97 Å². The van der Waals surface area contributed by atoms with E-state index in [0.717, 1.165) is 28.7 Å². The van der Waals surface area contributed by atoms with Crippen molar-refractivity contribution in [1.29, 1.82) is 0 Å². The highest BCUT2D eigenvalue weighted by Gasteiger charge is 2.25. The van der Waals surface area contributed by atoms with Gasteiger partial charge in [0.25, 0.3) is 0 Å². The third-order valence-electron chi connectivity index (χ3n) is 4.45. The molecule has 0 aliphatic heterocycles. The number of benzene rings is 1. The van der Waals surface area contributed by atoms with Crippen LogP contribution in [0.15, 0.2) is 40.5 Å². The molecule has 118 valence electrons. The van der Waals surface area contributed by atoms with E-state index in [-0.39, 0.29) is 0 Å². The van der Waals surface area contributed by atoms with E-state index in [1.165, 1.54) is 35.2 Å². The molecule has 0 saturated heterocycles. The Morgan fingerprint density at radius 2 is 1.74 bits per heavy atom. The Hall–Kier alpha value is -1.46. The highest BCUT2D eigenvalue weighted by Crippen LogP contribution is 2.38. The summed E-state index contributed by atoms with van der Waals surface area (Å²) >= 11 is 3.35. The zero-order valence-corrected chi connectivity index (χ0v) is 15.0.